The molecule has 1 aliphatic heterocycles. The van der Waals surface area contributed by atoms with E-state index in [0.717, 1.165) is 0 Å². The molecule has 0 atom stereocenters. The first-order valence-corrected chi connectivity index (χ1v) is 6.60. The van der Waals surface area contributed by atoms with Crippen LogP contribution in [0.4, 0.5) is 0 Å². The molecule has 1 fully saturated rings. The number of hydrogen-bond donors (Lipinski definition) is 0. The number of pyridine rings is 2. The maximum atomic E-state index is 12.6. The average Bonchev–Trinajstić information content (AvgIpc) is 2.56. The van der Waals surface area contributed by atoms with Gasteiger partial charge in [-0.1, -0.05) is 6.07 Å². The first-order valence-electron chi connectivity index (χ1n) is 6.60. The SMILES string of the molecule is O=C(c1cccnc1-c1ccccn1)N1CCOCC1. The highest BCUT2D eigenvalue weighted by molar-refractivity contribution is 5.99. The van der Waals surface area contributed by atoms with E-state index in [4.69, 9.17) is 4.74 Å². The molecule has 3 rings (SSSR count). The Kier molecular flexibility index (Phi) is 3.69. The van der Waals surface area contributed by atoms with Crippen molar-refractivity contribution in [3.05, 3.63) is 48.3 Å². The molecule has 5 nitrogen and oxygen atoms in total. The number of amides is 1. The van der Waals surface area contributed by atoms with E-state index in [1.807, 2.05) is 18.2 Å². The molecule has 0 aliphatic carbocycles. The Hall–Kier alpha value is -2.27. The minimum Gasteiger partial charge on any atom is -0.378 e. The van der Waals surface area contributed by atoms with Gasteiger partial charge in [0.15, 0.2) is 0 Å². The molecule has 5 heteroatoms. The molecule has 1 saturated heterocycles. The largest absolute Gasteiger partial charge is 0.378 e. The van der Waals surface area contributed by atoms with Gasteiger partial charge in [-0.05, 0) is 24.3 Å². The number of aromatic nitrogens is 2. The Morgan fingerprint density at radius 1 is 1.05 bits per heavy atom. The number of ether oxygens (including phenoxy) is 1. The lowest BCUT2D eigenvalue weighted by molar-refractivity contribution is 0.0303. The van der Waals surface area contributed by atoms with Crippen molar-refractivity contribution in [1.82, 2.24) is 14.9 Å². The zero-order chi connectivity index (χ0) is 13.8. The summed E-state index contributed by atoms with van der Waals surface area (Å²) in [6.45, 7) is 2.42. The van der Waals surface area contributed by atoms with E-state index < -0.39 is 0 Å². The van der Waals surface area contributed by atoms with E-state index in [0.29, 0.717) is 43.3 Å². The number of nitrogens with zero attached hydrogens (tertiary/aromatic N) is 3. The highest BCUT2D eigenvalue weighted by atomic mass is 16.5. The van der Waals surface area contributed by atoms with Crippen LogP contribution in [-0.4, -0.2) is 47.1 Å². The molecule has 2 aromatic rings. The van der Waals surface area contributed by atoms with Crippen molar-refractivity contribution < 1.29 is 9.53 Å². The van der Waals surface area contributed by atoms with Gasteiger partial charge >= 0.3 is 0 Å². The summed E-state index contributed by atoms with van der Waals surface area (Å²) >= 11 is 0. The van der Waals surface area contributed by atoms with Crippen molar-refractivity contribution in [2.45, 2.75) is 0 Å². The minimum atomic E-state index is -0.0120. The van der Waals surface area contributed by atoms with Crippen LogP contribution in [0.3, 0.4) is 0 Å². The van der Waals surface area contributed by atoms with Gasteiger partial charge in [-0.2, -0.15) is 0 Å². The molecule has 0 bridgehead atoms. The number of carbonyl (C=O) groups excluding carboxylic acids is 1. The first kappa shape index (κ1) is 12.7. The van der Waals surface area contributed by atoms with E-state index in [9.17, 15) is 4.79 Å². The maximum absolute atomic E-state index is 12.6. The number of rotatable bonds is 2. The summed E-state index contributed by atoms with van der Waals surface area (Å²) in [7, 11) is 0. The van der Waals surface area contributed by atoms with Crippen LogP contribution in [0.5, 0.6) is 0 Å². The van der Waals surface area contributed by atoms with Gasteiger partial charge in [0.25, 0.3) is 5.91 Å². The van der Waals surface area contributed by atoms with E-state index in [1.165, 1.54) is 0 Å². The van der Waals surface area contributed by atoms with Gasteiger partial charge in [0.1, 0.15) is 5.69 Å². The second kappa shape index (κ2) is 5.79. The highest BCUT2D eigenvalue weighted by Crippen LogP contribution is 2.20. The maximum Gasteiger partial charge on any atom is 0.256 e. The molecule has 0 saturated carbocycles. The molecule has 1 amide bonds. The second-order valence-electron chi connectivity index (χ2n) is 4.52. The molecular formula is C15H15N3O2. The third-order valence-electron chi connectivity index (χ3n) is 3.24. The molecule has 0 N–H and O–H groups in total. The van der Waals surface area contributed by atoms with Gasteiger partial charge in [0, 0.05) is 25.5 Å². The summed E-state index contributed by atoms with van der Waals surface area (Å²) in [5.74, 6) is -0.0120. The smallest absolute Gasteiger partial charge is 0.256 e. The molecule has 20 heavy (non-hydrogen) atoms. The molecule has 0 aromatic carbocycles. The van der Waals surface area contributed by atoms with Crippen LogP contribution in [0.1, 0.15) is 10.4 Å². The Morgan fingerprint density at radius 2 is 1.85 bits per heavy atom. The summed E-state index contributed by atoms with van der Waals surface area (Å²) in [6, 6.07) is 9.17. The van der Waals surface area contributed by atoms with Gasteiger partial charge in [-0.15, -0.1) is 0 Å². The number of morpholine rings is 1. The van der Waals surface area contributed by atoms with Crippen LogP contribution < -0.4 is 0 Å². The summed E-state index contributed by atoms with van der Waals surface area (Å²) < 4.78 is 5.28. The van der Waals surface area contributed by atoms with Crippen molar-refractivity contribution in [1.29, 1.82) is 0 Å². The monoisotopic (exact) mass is 269 g/mol. The summed E-state index contributed by atoms with van der Waals surface area (Å²) in [5, 5.41) is 0. The van der Waals surface area contributed by atoms with Crippen LogP contribution in [0.25, 0.3) is 11.4 Å². The van der Waals surface area contributed by atoms with E-state index >= 15 is 0 Å². The first-order chi connectivity index (χ1) is 9.86. The summed E-state index contributed by atoms with van der Waals surface area (Å²) in [6.07, 6.45) is 3.38. The Balaban J connectivity index is 1.95. The fraction of sp³-hybridized carbons (Fsp3) is 0.267. The standard InChI is InChI=1S/C15H15N3O2/c19-15(18-8-10-20-11-9-18)12-4-3-7-17-14(12)13-5-1-2-6-16-13/h1-7H,8-11H2. The Labute approximate surface area is 117 Å². The van der Waals surface area contributed by atoms with E-state index in [1.54, 1.807) is 29.4 Å². The topological polar surface area (TPSA) is 55.3 Å². The summed E-state index contributed by atoms with van der Waals surface area (Å²) in [4.78, 5) is 23.0. The molecule has 1 aliphatic rings. The minimum absolute atomic E-state index is 0.0120. The fourth-order valence-corrected chi connectivity index (χ4v) is 2.22. The fourth-order valence-electron chi connectivity index (χ4n) is 2.22. The van der Waals surface area contributed by atoms with Crippen LogP contribution in [0, 0.1) is 0 Å². The lowest BCUT2D eigenvalue weighted by atomic mass is 10.1. The normalized spacial score (nSPS) is 15.1. The predicted octanol–water partition coefficient (Wildman–Crippen LogP) is 1.62. The number of carbonyl (C=O) groups is 1. The third-order valence-corrected chi connectivity index (χ3v) is 3.24. The quantitative estimate of drug-likeness (QED) is 0.831. The van der Waals surface area contributed by atoms with E-state index in [2.05, 4.69) is 9.97 Å². The molecule has 2 aromatic heterocycles. The molecule has 0 spiro atoms. The van der Waals surface area contributed by atoms with Crippen LogP contribution in [-0.2, 0) is 4.74 Å². The predicted molar refractivity (Wildman–Crippen MR) is 74.2 cm³/mol. The van der Waals surface area contributed by atoms with Crippen molar-refractivity contribution in [3.8, 4) is 11.4 Å². The van der Waals surface area contributed by atoms with Gasteiger partial charge < -0.3 is 9.64 Å². The van der Waals surface area contributed by atoms with Gasteiger partial charge in [-0.25, -0.2) is 0 Å². The van der Waals surface area contributed by atoms with Crippen molar-refractivity contribution in [2.75, 3.05) is 26.3 Å². The van der Waals surface area contributed by atoms with Gasteiger partial charge in [-0.3, -0.25) is 14.8 Å². The lowest BCUT2D eigenvalue weighted by Gasteiger charge is -2.27. The summed E-state index contributed by atoms with van der Waals surface area (Å²) in [5.41, 5.74) is 1.93. The zero-order valence-electron chi connectivity index (χ0n) is 11.0. The third kappa shape index (κ3) is 2.53. The zero-order valence-corrected chi connectivity index (χ0v) is 11.0. The molecule has 0 radical (unpaired) electrons. The van der Waals surface area contributed by atoms with Crippen LogP contribution >= 0.6 is 0 Å². The van der Waals surface area contributed by atoms with Gasteiger partial charge in [0.2, 0.25) is 0 Å². The highest BCUT2D eigenvalue weighted by Gasteiger charge is 2.22. The Bertz CT molecular complexity index is 595. The molecular weight excluding hydrogens is 254 g/mol. The van der Waals surface area contributed by atoms with E-state index in [-0.39, 0.29) is 5.91 Å². The van der Waals surface area contributed by atoms with Crippen molar-refractivity contribution in [2.24, 2.45) is 0 Å². The van der Waals surface area contributed by atoms with Gasteiger partial charge in [0.05, 0.1) is 24.5 Å². The van der Waals surface area contributed by atoms with Crippen LogP contribution in [0.2, 0.25) is 0 Å². The molecule has 3 heterocycles. The Morgan fingerprint density at radius 3 is 2.60 bits per heavy atom. The second-order valence-corrected chi connectivity index (χ2v) is 4.52. The van der Waals surface area contributed by atoms with Crippen molar-refractivity contribution in [3.63, 3.8) is 0 Å². The lowest BCUT2D eigenvalue weighted by Crippen LogP contribution is -2.40. The molecule has 0 unspecified atom stereocenters. The molecule has 102 valence electrons. The van der Waals surface area contributed by atoms with Crippen LogP contribution in [0.15, 0.2) is 42.7 Å². The average molecular weight is 269 g/mol. The van der Waals surface area contributed by atoms with Crippen molar-refractivity contribution >= 4 is 5.91 Å². The number of hydrogen-bond acceptors (Lipinski definition) is 4.